The normalized spacial score (nSPS) is 15.4. The third kappa shape index (κ3) is 3.62. The van der Waals surface area contributed by atoms with E-state index in [2.05, 4.69) is 4.98 Å². The molecule has 1 fully saturated rings. The van der Waals surface area contributed by atoms with E-state index in [9.17, 15) is 9.90 Å². The van der Waals surface area contributed by atoms with Crippen molar-refractivity contribution in [3.63, 3.8) is 0 Å². The largest absolute Gasteiger partial charge is 0.394 e. The summed E-state index contributed by atoms with van der Waals surface area (Å²) in [7, 11) is 0. The topological polar surface area (TPSA) is 53.4 Å². The zero-order valence-electron chi connectivity index (χ0n) is 13.5. The van der Waals surface area contributed by atoms with Crippen LogP contribution in [0.3, 0.4) is 0 Å². The van der Waals surface area contributed by atoms with Crippen molar-refractivity contribution in [1.82, 2.24) is 9.88 Å². The Kier molecular flexibility index (Phi) is 4.78. The SMILES string of the molecule is Cc1nc(C(=O)N(Cc2ccccc2)C(CO)C2CC2)c(C)s1. The number of amides is 1. The number of aliphatic hydroxyl groups is 1. The second kappa shape index (κ2) is 6.81. The fourth-order valence-corrected chi connectivity index (χ4v) is 3.78. The zero-order valence-corrected chi connectivity index (χ0v) is 14.3. The average molecular weight is 330 g/mol. The molecule has 2 aromatic rings. The Morgan fingerprint density at radius 3 is 2.57 bits per heavy atom. The van der Waals surface area contributed by atoms with E-state index < -0.39 is 0 Å². The number of aromatic nitrogens is 1. The quantitative estimate of drug-likeness (QED) is 0.885. The molecule has 1 atom stereocenters. The molecule has 1 aromatic heterocycles. The highest BCUT2D eigenvalue weighted by Gasteiger charge is 2.38. The molecule has 1 amide bonds. The summed E-state index contributed by atoms with van der Waals surface area (Å²) in [6, 6.07) is 9.82. The molecule has 1 aliphatic carbocycles. The fourth-order valence-electron chi connectivity index (χ4n) is 2.97. The summed E-state index contributed by atoms with van der Waals surface area (Å²) in [6.45, 7) is 4.37. The number of aliphatic hydroxyl groups excluding tert-OH is 1. The van der Waals surface area contributed by atoms with Gasteiger partial charge in [-0.15, -0.1) is 11.3 Å². The number of aryl methyl sites for hydroxylation is 2. The molecule has 0 saturated heterocycles. The number of rotatable bonds is 6. The van der Waals surface area contributed by atoms with Crippen molar-refractivity contribution in [3.8, 4) is 0 Å². The molecule has 3 rings (SSSR count). The average Bonchev–Trinajstić information content (AvgIpc) is 3.32. The predicted molar refractivity (Wildman–Crippen MR) is 91.5 cm³/mol. The van der Waals surface area contributed by atoms with Gasteiger partial charge in [0.05, 0.1) is 17.7 Å². The third-order valence-electron chi connectivity index (χ3n) is 4.32. The minimum absolute atomic E-state index is 0.00536. The molecule has 0 radical (unpaired) electrons. The van der Waals surface area contributed by atoms with Gasteiger partial charge in [-0.3, -0.25) is 4.79 Å². The predicted octanol–water partition coefficient (Wildman–Crippen LogP) is 3.17. The van der Waals surface area contributed by atoms with Gasteiger partial charge in [0.15, 0.2) is 0 Å². The molecule has 1 aliphatic rings. The van der Waals surface area contributed by atoms with Gasteiger partial charge in [-0.05, 0) is 38.2 Å². The molecule has 1 saturated carbocycles. The van der Waals surface area contributed by atoms with Crippen LogP contribution in [-0.4, -0.2) is 33.5 Å². The zero-order chi connectivity index (χ0) is 16.4. The Labute approximate surface area is 140 Å². The molecule has 0 bridgehead atoms. The number of thiazole rings is 1. The number of hydrogen-bond acceptors (Lipinski definition) is 4. The van der Waals surface area contributed by atoms with Gasteiger partial charge in [0.25, 0.3) is 5.91 Å². The van der Waals surface area contributed by atoms with Crippen molar-refractivity contribution in [2.24, 2.45) is 5.92 Å². The van der Waals surface area contributed by atoms with Gasteiger partial charge >= 0.3 is 0 Å². The van der Waals surface area contributed by atoms with Gasteiger partial charge in [0.2, 0.25) is 0 Å². The first-order chi connectivity index (χ1) is 11.1. The van der Waals surface area contributed by atoms with E-state index in [0.29, 0.717) is 18.2 Å². The van der Waals surface area contributed by atoms with Gasteiger partial charge < -0.3 is 10.0 Å². The van der Waals surface area contributed by atoms with Crippen LogP contribution in [0.15, 0.2) is 30.3 Å². The van der Waals surface area contributed by atoms with E-state index in [1.807, 2.05) is 49.1 Å². The van der Waals surface area contributed by atoms with Crippen LogP contribution in [0.2, 0.25) is 0 Å². The Morgan fingerprint density at radius 2 is 2.04 bits per heavy atom. The molecule has 1 N–H and O–H groups in total. The molecule has 4 nitrogen and oxygen atoms in total. The van der Waals surface area contributed by atoms with Gasteiger partial charge in [-0.2, -0.15) is 0 Å². The molecule has 0 aliphatic heterocycles. The molecule has 1 heterocycles. The highest BCUT2D eigenvalue weighted by atomic mass is 32.1. The summed E-state index contributed by atoms with van der Waals surface area (Å²) in [5.74, 6) is 0.342. The molecule has 1 unspecified atom stereocenters. The molecule has 23 heavy (non-hydrogen) atoms. The Morgan fingerprint density at radius 1 is 1.35 bits per heavy atom. The standard InChI is InChI=1S/C18H22N2O2S/c1-12-17(19-13(2)23-12)18(22)20(16(11-21)15-8-9-15)10-14-6-4-3-5-7-14/h3-7,15-16,21H,8-11H2,1-2H3. The Hall–Kier alpha value is -1.72. The summed E-state index contributed by atoms with van der Waals surface area (Å²) in [6.07, 6.45) is 2.16. The second-order valence-electron chi connectivity index (χ2n) is 6.14. The van der Waals surface area contributed by atoms with Crippen LogP contribution in [0.1, 0.15) is 38.8 Å². The summed E-state index contributed by atoms with van der Waals surface area (Å²) in [4.78, 5) is 20.2. The van der Waals surface area contributed by atoms with E-state index in [-0.39, 0.29) is 18.6 Å². The smallest absolute Gasteiger partial charge is 0.274 e. The molecule has 122 valence electrons. The van der Waals surface area contributed by atoms with Crippen molar-refractivity contribution in [1.29, 1.82) is 0 Å². The number of carbonyl (C=O) groups excluding carboxylic acids is 1. The van der Waals surface area contributed by atoms with Crippen LogP contribution >= 0.6 is 11.3 Å². The third-order valence-corrected chi connectivity index (χ3v) is 5.20. The lowest BCUT2D eigenvalue weighted by Crippen LogP contribution is -2.43. The molecule has 0 spiro atoms. The lowest BCUT2D eigenvalue weighted by molar-refractivity contribution is 0.0525. The summed E-state index contributed by atoms with van der Waals surface area (Å²) in [5.41, 5.74) is 1.60. The van der Waals surface area contributed by atoms with Crippen LogP contribution in [0.25, 0.3) is 0 Å². The van der Waals surface area contributed by atoms with Crippen molar-refractivity contribution in [2.45, 2.75) is 39.3 Å². The minimum atomic E-state index is -0.121. The highest BCUT2D eigenvalue weighted by molar-refractivity contribution is 7.11. The van der Waals surface area contributed by atoms with Gasteiger partial charge in [-0.25, -0.2) is 4.98 Å². The van der Waals surface area contributed by atoms with Crippen LogP contribution in [0.5, 0.6) is 0 Å². The van der Waals surface area contributed by atoms with E-state index >= 15 is 0 Å². The second-order valence-corrected chi connectivity index (χ2v) is 7.55. The maximum Gasteiger partial charge on any atom is 0.274 e. The minimum Gasteiger partial charge on any atom is -0.394 e. The first-order valence-corrected chi connectivity index (χ1v) is 8.81. The Bertz CT molecular complexity index is 680. The van der Waals surface area contributed by atoms with Gasteiger partial charge in [0, 0.05) is 11.4 Å². The number of hydrogen-bond donors (Lipinski definition) is 1. The lowest BCUT2D eigenvalue weighted by atomic mass is 10.1. The van der Waals surface area contributed by atoms with Gasteiger partial charge in [-0.1, -0.05) is 30.3 Å². The number of nitrogens with zero attached hydrogens (tertiary/aromatic N) is 2. The van der Waals surface area contributed by atoms with E-state index in [1.165, 1.54) is 0 Å². The number of benzene rings is 1. The molecule has 5 heteroatoms. The molecule has 1 aromatic carbocycles. The van der Waals surface area contributed by atoms with Crippen molar-refractivity contribution >= 4 is 17.2 Å². The summed E-state index contributed by atoms with van der Waals surface area (Å²) >= 11 is 1.54. The maximum absolute atomic E-state index is 13.1. The van der Waals surface area contributed by atoms with E-state index in [1.54, 1.807) is 11.3 Å². The van der Waals surface area contributed by atoms with E-state index in [0.717, 1.165) is 28.3 Å². The fraction of sp³-hybridized carbons (Fsp3) is 0.444. The molecular weight excluding hydrogens is 308 g/mol. The van der Waals surface area contributed by atoms with Crippen molar-refractivity contribution in [3.05, 3.63) is 51.5 Å². The first kappa shape index (κ1) is 16.1. The molecular formula is C18H22N2O2S. The van der Waals surface area contributed by atoms with Crippen LogP contribution in [0, 0.1) is 19.8 Å². The van der Waals surface area contributed by atoms with Crippen molar-refractivity contribution in [2.75, 3.05) is 6.61 Å². The van der Waals surface area contributed by atoms with Gasteiger partial charge in [0.1, 0.15) is 5.69 Å². The van der Waals surface area contributed by atoms with Crippen LogP contribution in [0.4, 0.5) is 0 Å². The summed E-state index contributed by atoms with van der Waals surface area (Å²) < 4.78 is 0. The number of carbonyl (C=O) groups is 1. The van der Waals surface area contributed by atoms with Crippen LogP contribution < -0.4 is 0 Å². The van der Waals surface area contributed by atoms with Crippen molar-refractivity contribution < 1.29 is 9.90 Å². The summed E-state index contributed by atoms with van der Waals surface area (Å²) in [5, 5.41) is 10.7. The first-order valence-electron chi connectivity index (χ1n) is 8.00. The lowest BCUT2D eigenvalue weighted by Gasteiger charge is -2.30. The highest BCUT2D eigenvalue weighted by Crippen LogP contribution is 2.36. The van der Waals surface area contributed by atoms with Crippen LogP contribution in [-0.2, 0) is 6.54 Å². The maximum atomic E-state index is 13.1. The monoisotopic (exact) mass is 330 g/mol. The Balaban J connectivity index is 1.90. The van der Waals surface area contributed by atoms with E-state index in [4.69, 9.17) is 0 Å².